The normalized spacial score (nSPS) is 14.5. The topological polar surface area (TPSA) is 51.8 Å². The highest BCUT2D eigenvalue weighted by Gasteiger charge is 2.19. The van der Waals surface area contributed by atoms with Gasteiger partial charge in [-0.3, -0.25) is 0 Å². The summed E-state index contributed by atoms with van der Waals surface area (Å²) >= 11 is 3.31. The first-order chi connectivity index (χ1) is 8.16. The highest BCUT2D eigenvalue weighted by molar-refractivity contribution is 7.99. The highest BCUT2D eigenvalue weighted by Crippen LogP contribution is 2.36. The number of aromatic nitrogens is 2. The van der Waals surface area contributed by atoms with E-state index in [1.165, 1.54) is 5.56 Å². The molecule has 0 spiro atoms. The molecule has 17 heavy (non-hydrogen) atoms. The molecule has 90 valence electrons. The van der Waals surface area contributed by atoms with E-state index in [0.29, 0.717) is 0 Å². The minimum atomic E-state index is 0.0690. The first-order valence-corrected chi connectivity index (χ1v) is 7.22. The lowest BCUT2D eigenvalue weighted by atomic mass is 10.1. The molecule has 2 aromatic rings. The largest absolute Gasteiger partial charge is 0.327 e. The second kappa shape index (κ2) is 5.62. The number of thiophene rings is 1. The standard InChI is InChI=1S/C12H15N3S2/c1-8-5-14-12(15-6-8)17-11(9(2)13)10-3-4-16-7-10/h3-7,9,11H,13H2,1-2H3. The van der Waals surface area contributed by atoms with Crippen LogP contribution in [0.3, 0.4) is 0 Å². The summed E-state index contributed by atoms with van der Waals surface area (Å²) in [4.78, 5) is 8.62. The van der Waals surface area contributed by atoms with E-state index in [1.54, 1.807) is 23.1 Å². The van der Waals surface area contributed by atoms with Crippen LogP contribution in [0.15, 0.2) is 34.4 Å². The third-order valence-corrected chi connectivity index (χ3v) is 4.42. The number of rotatable bonds is 4. The average molecular weight is 265 g/mol. The highest BCUT2D eigenvalue weighted by atomic mass is 32.2. The van der Waals surface area contributed by atoms with Crippen molar-refractivity contribution in [3.8, 4) is 0 Å². The molecule has 2 heterocycles. The molecule has 5 heteroatoms. The van der Waals surface area contributed by atoms with Gasteiger partial charge in [0.25, 0.3) is 0 Å². The van der Waals surface area contributed by atoms with Crippen LogP contribution in [0.25, 0.3) is 0 Å². The van der Waals surface area contributed by atoms with Gasteiger partial charge in [0.2, 0.25) is 0 Å². The number of nitrogens with zero attached hydrogens (tertiary/aromatic N) is 2. The second-order valence-electron chi connectivity index (χ2n) is 4.00. The molecule has 2 atom stereocenters. The molecule has 2 unspecified atom stereocenters. The zero-order valence-corrected chi connectivity index (χ0v) is 11.5. The number of aryl methyl sites for hydroxylation is 1. The lowest BCUT2D eigenvalue weighted by Gasteiger charge is -2.18. The average Bonchev–Trinajstić information content (AvgIpc) is 2.81. The fourth-order valence-electron chi connectivity index (χ4n) is 1.47. The number of hydrogen-bond donors (Lipinski definition) is 1. The first-order valence-electron chi connectivity index (χ1n) is 5.40. The van der Waals surface area contributed by atoms with Crippen LogP contribution in [0.5, 0.6) is 0 Å². The minimum absolute atomic E-state index is 0.0690. The van der Waals surface area contributed by atoms with Gasteiger partial charge in [0.15, 0.2) is 5.16 Å². The molecule has 0 radical (unpaired) electrons. The van der Waals surface area contributed by atoms with E-state index in [1.807, 2.05) is 26.2 Å². The molecule has 0 fully saturated rings. The van der Waals surface area contributed by atoms with Crippen molar-refractivity contribution in [2.75, 3.05) is 0 Å². The second-order valence-corrected chi connectivity index (χ2v) is 5.89. The maximum absolute atomic E-state index is 6.03. The summed E-state index contributed by atoms with van der Waals surface area (Å²) < 4.78 is 0. The van der Waals surface area contributed by atoms with E-state index >= 15 is 0 Å². The molecule has 2 N–H and O–H groups in total. The van der Waals surface area contributed by atoms with Crippen LogP contribution in [0, 0.1) is 6.92 Å². The molecule has 3 nitrogen and oxygen atoms in total. The van der Waals surface area contributed by atoms with Gasteiger partial charge in [0.05, 0.1) is 5.25 Å². The van der Waals surface area contributed by atoms with E-state index in [2.05, 4.69) is 26.8 Å². The Kier molecular flexibility index (Phi) is 4.15. The molecular weight excluding hydrogens is 250 g/mol. The van der Waals surface area contributed by atoms with E-state index in [4.69, 9.17) is 5.73 Å². The van der Waals surface area contributed by atoms with Crippen LogP contribution in [-0.2, 0) is 0 Å². The molecule has 2 rings (SSSR count). The zero-order chi connectivity index (χ0) is 12.3. The van der Waals surface area contributed by atoms with Crippen molar-refractivity contribution in [2.45, 2.75) is 30.3 Å². The van der Waals surface area contributed by atoms with E-state index < -0.39 is 0 Å². The van der Waals surface area contributed by atoms with Crippen molar-refractivity contribution >= 4 is 23.1 Å². The SMILES string of the molecule is Cc1cnc(SC(c2ccsc2)C(C)N)nc1. The molecule has 0 aliphatic heterocycles. The summed E-state index contributed by atoms with van der Waals surface area (Å²) in [6, 6.07) is 2.18. The van der Waals surface area contributed by atoms with Crippen LogP contribution in [0.1, 0.15) is 23.3 Å². The number of nitrogens with two attached hydrogens (primary N) is 1. The molecule has 0 aliphatic rings. The fourth-order valence-corrected chi connectivity index (χ4v) is 3.21. The number of thioether (sulfide) groups is 1. The van der Waals surface area contributed by atoms with Gasteiger partial charge >= 0.3 is 0 Å². The van der Waals surface area contributed by atoms with Gasteiger partial charge in [-0.15, -0.1) is 0 Å². The zero-order valence-electron chi connectivity index (χ0n) is 9.83. The molecule has 0 saturated heterocycles. The van der Waals surface area contributed by atoms with Gasteiger partial charge in [-0.25, -0.2) is 9.97 Å². The smallest absolute Gasteiger partial charge is 0.188 e. The Morgan fingerprint density at radius 3 is 2.59 bits per heavy atom. The molecule has 0 amide bonds. The Hall–Kier alpha value is -0.910. The summed E-state index contributed by atoms with van der Waals surface area (Å²) in [6.07, 6.45) is 3.67. The van der Waals surface area contributed by atoms with Crippen LogP contribution in [-0.4, -0.2) is 16.0 Å². The maximum atomic E-state index is 6.03. The van der Waals surface area contributed by atoms with Crippen LogP contribution < -0.4 is 5.73 Å². The summed E-state index contributed by atoms with van der Waals surface area (Å²) in [7, 11) is 0. The van der Waals surface area contributed by atoms with Gasteiger partial charge < -0.3 is 5.73 Å². The fraction of sp³-hybridized carbons (Fsp3) is 0.333. The van der Waals surface area contributed by atoms with Crippen LogP contribution >= 0.6 is 23.1 Å². The maximum Gasteiger partial charge on any atom is 0.188 e. The summed E-state index contributed by atoms with van der Waals surface area (Å²) in [5.74, 6) is 0. The Balaban J connectivity index is 2.16. The van der Waals surface area contributed by atoms with E-state index in [9.17, 15) is 0 Å². The molecule has 0 aliphatic carbocycles. The minimum Gasteiger partial charge on any atom is -0.327 e. The third kappa shape index (κ3) is 3.28. The summed E-state index contributed by atoms with van der Waals surface area (Å²) in [5.41, 5.74) is 8.35. The lowest BCUT2D eigenvalue weighted by Crippen LogP contribution is -2.22. The molecule has 0 bridgehead atoms. The van der Waals surface area contributed by atoms with Crippen LogP contribution in [0.4, 0.5) is 0 Å². The van der Waals surface area contributed by atoms with Gasteiger partial charge in [0.1, 0.15) is 0 Å². The Morgan fingerprint density at radius 1 is 1.35 bits per heavy atom. The van der Waals surface area contributed by atoms with Crippen molar-refractivity contribution in [1.29, 1.82) is 0 Å². The van der Waals surface area contributed by atoms with Crippen LogP contribution in [0.2, 0.25) is 0 Å². The van der Waals surface area contributed by atoms with Crippen molar-refractivity contribution in [1.82, 2.24) is 9.97 Å². The van der Waals surface area contributed by atoms with Gasteiger partial charge in [-0.2, -0.15) is 11.3 Å². The Morgan fingerprint density at radius 2 is 2.06 bits per heavy atom. The quantitative estimate of drug-likeness (QED) is 0.682. The van der Waals surface area contributed by atoms with Gasteiger partial charge in [-0.05, 0) is 41.8 Å². The van der Waals surface area contributed by atoms with Crippen molar-refractivity contribution < 1.29 is 0 Å². The first kappa shape index (κ1) is 12.5. The summed E-state index contributed by atoms with van der Waals surface area (Å²) in [6.45, 7) is 4.00. The van der Waals surface area contributed by atoms with Crippen molar-refractivity contribution in [2.24, 2.45) is 5.73 Å². The third-order valence-electron chi connectivity index (χ3n) is 2.34. The lowest BCUT2D eigenvalue weighted by molar-refractivity contribution is 0.719. The summed E-state index contributed by atoms with van der Waals surface area (Å²) in [5, 5.41) is 5.20. The predicted molar refractivity (Wildman–Crippen MR) is 73.3 cm³/mol. The molecule has 2 aromatic heterocycles. The van der Waals surface area contributed by atoms with Crippen molar-refractivity contribution in [3.05, 3.63) is 40.3 Å². The number of hydrogen-bond acceptors (Lipinski definition) is 5. The molecule has 0 saturated carbocycles. The van der Waals surface area contributed by atoms with E-state index in [-0.39, 0.29) is 11.3 Å². The molecular formula is C12H15N3S2. The van der Waals surface area contributed by atoms with Gasteiger partial charge in [0, 0.05) is 18.4 Å². The van der Waals surface area contributed by atoms with Gasteiger partial charge in [-0.1, -0.05) is 11.8 Å². The Labute approximate surface area is 109 Å². The molecule has 0 aromatic carbocycles. The predicted octanol–water partition coefficient (Wildman–Crippen LogP) is 3.03. The van der Waals surface area contributed by atoms with E-state index in [0.717, 1.165) is 10.7 Å². The van der Waals surface area contributed by atoms with Crippen molar-refractivity contribution in [3.63, 3.8) is 0 Å². The Bertz CT molecular complexity index is 451. The monoisotopic (exact) mass is 265 g/mol.